The lowest BCUT2D eigenvalue weighted by atomic mass is 10.1. The second-order valence-corrected chi connectivity index (χ2v) is 7.53. The van der Waals surface area contributed by atoms with Crippen molar-refractivity contribution in [3.63, 3.8) is 0 Å². The van der Waals surface area contributed by atoms with Gasteiger partial charge in [0.05, 0.1) is 12.7 Å². The van der Waals surface area contributed by atoms with E-state index in [9.17, 15) is 24.0 Å². The number of rotatable bonds is 7. The van der Waals surface area contributed by atoms with Gasteiger partial charge in [-0.2, -0.15) is 0 Å². The molecule has 168 valence electrons. The Labute approximate surface area is 177 Å². The molecule has 0 saturated heterocycles. The highest BCUT2D eigenvalue weighted by Gasteiger charge is 2.26. The number of nitrogens with one attached hydrogen (secondary N) is 1. The Hall–Kier alpha value is -3.63. The summed E-state index contributed by atoms with van der Waals surface area (Å²) in [5.41, 5.74) is 4.90. The van der Waals surface area contributed by atoms with E-state index in [0.29, 0.717) is 11.3 Å². The maximum atomic E-state index is 12.7. The zero-order chi connectivity index (χ0) is 23.6. The van der Waals surface area contributed by atoms with E-state index in [0.717, 1.165) is 9.13 Å². The molecule has 0 aliphatic rings. The first-order valence-corrected chi connectivity index (χ1v) is 9.49. The van der Waals surface area contributed by atoms with E-state index in [2.05, 4.69) is 9.72 Å². The molecule has 0 unspecified atom stereocenters. The summed E-state index contributed by atoms with van der Waals surface area (Å²) in [5, 5.41) is 0. The molecule has 2 aromatic rings. The Bertz CT molecular complexity index is 1170. The van der Waals surface area contributed by atoms with Crippen LogP contribution in [0.1, 0.15) is 56.3 Å². The highest BCUT2D eigenvalue weighted by Crippen LogP contribution is 2.20. The zero-order valence-electron chi connectivity index (χ0n) is 18.3. The number of hydrogen-bond donors (Lipinski definition) is 2. The van der Waals surface area contributed by atoms with E-state index in [1.165, 1.54) is 21.1 Å². The SMILES string of the molecule is COC(=O)c1c(C)[nH]c(C(=O)OCC(=O)c2c(N)n(CC(C)C)c(=O)n(C)c2=O)c1C. The summed E-state index contributed by atoms with van der Waals surface area (Å²) in [6, 6.07) is 0. The number of aryl methyl sites for hydroxylation is 1. The van der Waals surface area contributed by atoms with Crippen LogP contribution >= 0.6 is 0 Å². The van der Waals surface area contributed by atoms with Crippen LogP contribution in [0.3, 0.4) is 0 Å². The second kappa shape index (κ2) is 9.02. The van der Waals surface area contributed by atoms with Crippen LogP contribution in [0.2, 0.25) is 0 Å². The van der Waals surface area contributed by atoms with Crippen LogP contribution in [0.4, 0.5) is 5.82 Å². The molecule has 11 nitrogen and oxygen atoms in total. The summed E-state index contributed by atoms with van der Waals surface area (Å²) in [7, 11) is 2.46. The number of nitrogen functional groups attached to an aromatic ring is 1. The molecule has 0 bridgehead atoms. The molecule has 0 amide bonds. The van der Waals surface area contributed by atoms with Crippen LogP contribution in [0, 0.1) is 19.8 Å². The Balaban J connectivity index is 2.33. The number of ketones is 1. The monoisotopic (exact) mass is 434 g/mol. The highest BCUT2D eigenvalue weighted by molar-refractivity contribution is 6.03. The van der Waals surface area contributed by atoms with E-state index in [1.807, 2.05) is 13.8 Å². The number of ether oxygens (including phenoxy) is 2. The van der Waals surface area contributed by atoms with Crippen molar-refractivity contribution in [3.8, 4) is 0 Å². The molecular weight excluding hydrogens is 408 g/mol. The van der Waals surface area contributed by atoms with Gasteiger partial charge in [-0.05, 0) is 25.3 Å². The van der Waals surface area contributed by atoms with Crippen LogP contribution in [0.15, 0.2) is 9.59 Å². The summed E-state index contributed by atoms with van der Waals surface area (Å²) in [4.78, 5) is 64.5. The van der Waals surface area contributed by atoms with Gasteiger partial charge in [0.25, 0.3) is 5.56 Å². The fourth-order valence-electron chi connectivity index (χ4n) is 3.22. The first-order valence-electron chi connectivity index (χ1n) is 9.49. The molecule has 0 spiro atoms. The van der Waals surface area contributed by atoms with Gasteiger partial charge in [-0.1, -0.05) is 13.8 Å². The zero-order valence-corrected chi connectivity index (χ0v) is 18.3. The molecule has 0 aliphatic heterocycles. The van der Waals surface area contributed by atoms with Crippen LogP contribution < -0.4 is 17.0 Å². The topological polar surface area (TPSA) is 155 Å². The fourth-order valence-corrected chi connectivity index (χ4v) is 3.22. The van der Waals surface area contributed by atoms with Crippen molar-refractivity contribution in [2.45, 2.75) is 34.2 Å². The normalized spacial score (nSPS) is 10.9. The van der Waals surface area contributed by atoms with Crippen LogP contribution in [0.5, 0.6) is 0 Å². The molecule has 0 saturated carbocycles. The van der Waals surface area contributed by atoms with Gasteiger partial charge >= 0.3 is 17.6 Å². The number of aromatic nitrogens is 3. The van der Waals surface area contributed by atoms with E-state index in [4.69, 9.17) is 10.5 Å². The maximum Gasteiger partial charge on any atom is 0.355 e. The van der Waals surface area contributed by atoms with Crippen molar-refractivity contribution < 1.29 is 23.9 Å². The quantitative estimate of drug-likeness (QED) is 0.473. The lowest BCUT2D eigenvalue weighted by Crippen LogP contribution is -2.43. The van der Waals surface area contributed by atoms with E-state index in [1.54, 1.807) is 6.92 Å². The van der Waals surface area contributed by atoms with Crippen LogP contribution in [0.25, 0.3) is 0 Å². The average Bonchev–Trinajstić information content (AvgIpc) is 3.01. The number of hydrogen-bond acceptors (Lipinski definition) is 8. The van der Waals surface area contributed by atoms with Gasteiger partial charge in [-0.15, -0.1) is 0 Å². The number of esters is 2. The van der Waals surface area contributed by atoms with Crippen molar-refractivity contribution in [1.29, 1.82) is 0 Å². The fraction of sp³-hybridized carbons (Fsp3) is 0.450. The molecule has 0 aromatic carbocycles. The standard InChI is InChI=1S/C20H26N4O7/c1-9(2)7-24-16(21)14(17(26)23(5)20(24)29)12(25)8-31-19(28)15-10(3)13(11(4)22-15)18(27)30-6/h9,22H,7-8,21H2,1-6H3. The number of methoxy groups -OCH3 is 1. The number of anilines is 1. The molecule has 2 heterocycles. The number of nitrogens with two attached hydrogens (primary N) is 1. The van der Waals surface area contributed by atoms with Gasteiger partial charge in [0.15, 0.2) is 6.61 Å². The molecule has 3 N–H and O–H groups in total. The first kappa shape index (κ1) is 23.6. The number of carbonyl (C=O) groups excluding carboxylic acids is 3. The smallest absolute Gasteiger partial charge is 0.355 e. The molecule has 2 aromatic heterocycles. The lowest BCUT2D eigenvalue weighted by Gasteiger charge is -2.16. The minimum absolute atomic E-state index is 0.0173. The van der Waals surface area contributed by atoms with E-state index in [-0.39, 0.29) is 29.5 Å². The van der Waals surface area contributed by atoms with Crippen molar-refractivity contribution in [3.05, 3.63) is 48.9 Å². The Kier molecular flexibility index (Phi) is 6.88. The maximum absolute atomic E-state index is 12.7. The lowest BCUT2D eigenvalue weighted by molar-refractivity contribution is 0.0468. The average molecular weight is 434 g/mol. The van der Waals surface area contributed by atoms with Crippen molar-refractivity contribution >= 4 is 23.5 Å². The van der Waals surface area contributed by atoms with Gasteiger partial charge < -0.3 is 20.2 Å². The Morgan fingerprint density at radius 1 is 1.10 bits per heavy atom. The van der Waals surface area contributed by atoms with Gasteiger partial charge in [0.1, 0.15) is 17.1 Å². The van der Waals surface area contributed by atoms with Crippen molar-refractivity contribution in [1.82, 2.24) is 14.1 Å². The predicted molar refractivity (Wildman–Crippen MR) is 111 cm³/mol. The third-order valence-corrected chi connectivity index (χ3v) is 4.78. The second-order valence-electron chi connectivity index (χ2n) is 7.53. The van der Waals surface area contributed by atoms with E-state index < -0.39 is 41.1 Å². The van der Waals surface area contributed by atoms with Gasteiger partial charge in [-0.3, -0.25) is 18.7 Å². The summed E-state index contributed by atoms with van der Waals surface area (Å²) >= 11 is 0. The first-order chi connectivity index (χ1) is 14.4. The third-order valence-electron chi connectivity index (χ3n) is 4.78. The number of H-pyrrole nitrogens is 1. The molecule has 0 aliphatic carbocycles. The predicted octanol–water partition coefficient (Wildman–Crippen LogP) is 0.556. The molecule has 0 atom stereocenters. The van der Waals surface area contributed by atoms with Crippen LogP contribution in [-0.4, -0.2) is 45.6 Å². The Morgan fingerprint density at radius 3 is 2.26 bits per heavy atom. The summed E-state index contributed by atoms with van der Waals surface area (Å²) in [5.74, 6) is -2.61. The van der Waals surface area contributed by atoms with Crippen LogP contribution in [-0.2, 0) is 23.1 Å². The molecule has 0 radical (unpaired) electrons. The minimum atomic E-state index is -0.894. The summed E-state index contributed by atoms with van der Waals surface area (Å²) < 4.78 is 11.7. The van der Waals surface area contributed by atoms with Crippen molar-refractivity contribution in [2.24, 2.45) is 13.0 Å². The molecular formula is C20H26N4O7. The number of carbonyl (C=O) groups is 3. The molecule has 0 fully saturated rings. The third kappa shape index (κ3) is 4.44. The molecule has 11 heteroatoms. The largest absolute Gasteiger partial charge is 0.465 e. The summed E-state index contributed by atoms with van der Waals surface area (Å²) in [6.45, 7) is 6.25. The molecule has 31 heavy (non-hydrogen) atoms. The van der Waals surface area contributed by atoms with Gasteiger partial charge in [-0.25, -0.2) is 14.4 Å². The van der Waals surface area contributed by atoms with Crippen molar-refractivity contribution in [2.75, 3.05) is 19.5 Å². The minimum Gasteiger partial charge on any atom is -0.465 e. The van der Waals surface area contributed by atoms with E-state index >= 15 is 0 Å². The summed E-state index contributed by atoms with van der Waals surface area (Å²) in [6.07, 6.45) is 0. The Morgan fingerprint density at radius 2 is 1.71 bits per heavy atom. The van der Waals surface area contributed by atoms with Gasteiger partial charge in [0, 0.05) is 19.3 Å². The number of aromatic amines is 1. The molecule has 2 rings (SSSR count). The number of Topliss-reactive ketones (excluding diaryl/α,β-unsaturated/α-hetero) is 1. The van der Waals surface area contributed by atoms with Gasteiger partial charge in [0.2, 0.25) is 5.78 Å². The highest BCUT2D eigenvalue weighted by atomic mass is 16.5. The number of nitrogens with zero attached hydrogens (tertiary/aromatic N) is 2.